The number of hydrogen-bond donors (Lipinski definition) is 1. The lowest BCUT2D eigenvalue weighted by molar-refractivity contribution is -0.112. The zero-order chi connectivity index (χ0) is 22.4. The van der Waals surface area contributed by atoms with Gasteiger partial charge in [-0.15, -0.1) is 0 Å². The Morgan fingerprint density at radius 1 is 1.23 bits per heavy atom. The van der Waals surface area contributed by atoms with E-state index >= 15 is 0 Å². The van der Waals surface area contributed by atoms with Crippen molar-refractivity contribution >= 4 is 38.5 Å². The molecule has 0 unspecified atom stereocenters. The van der Waals surface area contributed by atoms with Gasteiger partial charge in [-0.05, 0) is 41.5 Å². The van der Waals surface area contributed by atoms with Gasteiger partial charge in [0.2, 0.25) is 15.0 Å². The molecule has 0 aliphatic heterocycles. The molecule has 1 amide bonds. The molecule has 2 aromatic carbocycles. The Balaban J connectivity index is 1.64. The number of hydrogen-bond acceptors (Lipinski definition) is 8. The number of nitriles is 1. The van der Waals surface area contributed by atoms with Crippen LogP contribution in [0, 0.1) is 17.1 Å². The molecule has 0 spiro atoms. The number of nitrogens with one attached hydrogen (secondary N) is 1. The number of benzene rings is 2. The maximum Gasteiger partial charge on any atom is 0.268 e. The summed E-state index contributed by atoms with van der Waals surface area (Å²) < 4.78 is 45.0. The fourth-order valence-electron chi connectivity index (χ4n) is 2.30. The molecule has 1 heterocycles. The smallest absolute Gasteiger partial charge is 0.268 e. The number of amides is 1. The highest BCUT2D eigenvalue weighted by molar-refractivity contribution is 7.90. The summed E-state index contributed by atoms with van der Waals surface area (Å²) in [7, 11) is -3.59. The predicted octanol–water partition coefficient (Wildman–Crippen LogP) is 3.21. The van der Waals surface area contributed by atoms with Gasteiger partial charge in [0.1, 0.15) is 29.8 Å². The van der Waals surface area contributed by atoms with E-state index in [1.54, 1.807) is 42.5 Å². The van der Waals surface area contributed by atoms with Gasteiger partial charge in [-0.1, -0.05) is 24.3 Å². The van der Waals surface area contributed by atoms with Crippen LogP contribution in [-0.4, -0.2) is 29.9 Å². The molecular formula is C20H15FN4O4S2. The Labute approximate surface area is 181 Å². The molecule has 11 heteroatoms. The number of nitrogens with zero attached hydrogens (tertiary/aromatic N) is 3. The lowest BCUT2D eigenvalue weighted by atomic mass is 10.1. The maximum absolute atomic E-state index is 12.9. The summed E-state index contributed by atoms with van der Waals surface area (Å²) in [5, 5.41) is 11.2. The van der Waals surface area contributed by atoms with Crippen molar-refractivity contribution in [3.05, 3.63) is 71.0 Å². The second kappa shape index (κ2) is 9.46. The largest absolute Gasteiger partial charge is 0.489 e. The van der Waals surface area contributed by atoms with E-state index in [1.165, 1.54) is 18.2 Å². The number of anilines is 1. The maximum atomic E-state index is 12.9. The topological polar surface area (TPSA) is 122 Å². The zero-order valence-corrected chi connectivity index (χ0v) is 17.7. The summed E-state index contributed by atoms with van der Waals surface area (Å²) in [6.45, 7) is 0.263. The summed E-state index contributed by atoms with van der Waals surface area (Å²) in [6, 6.07) is 14.4. The van der Waals surface area contributed by atoms with E-state index in [0.29, 0.717) is 22.8 Å². The lowest BCUT2D eigenvalue weighted by Crippen LogP contribution is -2.13. The molecule has 0 bridgehead atoms. The number of aromatic nitrogens is 2. The van der Waals surface area contributed by atoms with Crippen molar-refractivity contribution in [3.63, 3.8) is 0 Å². The zero-order valence-electron chi connectivity index (χ0n) is 16.1. The molecule has 0 radical (unpaired) electrons. The normalized spacial score (nSPS) is 11.6. The van der Waals surface area contributed by atoms with Gasteiger partial charge in [0.05, 0.1) is 0 Å². The van der Waals surface area contributed by atoms with Crippen LogP contribution in [0.5, 0.6) is 5.75 Å². The average molecular weight is 458 g/mol. The molecular weight excluding hydrogens is 443 g/mol. The third-order valence-corrected chi connectivity index (χ3v) is 5.43. The lowest BCUT2D eigenvalue weighted by Gasteiger charge is -2.07. The van der Waals surface area contributed by atoms with Crippen molar-refractivity contribution < 1.29 is 22.3 Å². The SMILES string of the molecule is CS(=O)(=O)c1nsc(NC(=O)/C(C#N)=C\c2ccc(OCc3ccc(F)cc3)cc2)n1. The van der Waals surface area contributed by atoms with Crippen LogP contribution >= 0.6 is 11.5 Å². The average Bonchev–Trinajstić information content (AvgIpc) is 3.21. The predicted molar refractivity (Wildman–Crippen MR) is 112 cm³/mol. The molecule has 0 saturated carbocycles. The van der Waals surface area contributed by atoms with Crippen LogP contribution in [0.15, 0.2) is 59.3 Å². The first kappa shape index (κ1) is 22.1. The number of sulfone groups is 1. The molecule has 3 rings (SSSR count). The van der Waals surface area contributed by atoms with Gasteiger partial charge < -0.3 is 4.74 Å². The first-order chi connectivity index (χ1) is 14.7. The van der Waals surface area contributed by atoms with Crippen LogP contribution in [0.1, 0.15) is 11.1 Å². The number of carbonyl (C=O) groups is 1. The molecule has 0 saturated heterocycles. The highest BCUT2D eigenvalue weighted by atomic mass is 32.2. The van der Waals surface area contributed by atoms with Gasteiger partial charge in [-0.3, -0.25) is 10.1 Å². The van der Waals surface area contributed by atoms with Gasteiger partial charge >= 0.3 is 0 Å². The van der Waals surface area contributed by atoms with Gasteiger partial charge in [-0.2, -0.15) is 14.6 Å². The molecule has 1 N–H and O–H groups in total. The summed E-state index contributed by atoms with van der Waals surface area (Å²) in [6.07, 6.45) is 2.33. The number of carbonyl (C=O) groups excluding carboxylic acids is 1. The molecule has 3 aromatic rings. The summed E-state index contributed by atoms with van der Waals surface area (Å²) in [4.78, 5) is 16.0. The van der Waals surface area contributed by atoms with Gasteiger partial charge in [0.25, 0.3) is 11.1 Å². The fourth-order valence-corrected chi connectivity index (χ4v) is 3.74. The first-order valence-corrected chi connectivity index (χ1v) is 11.4. The highest BCUT2D eigenvalue weighted by Crippen LogP contribution is 2.18. The first-order valence-electron chi connectivity index (χ1n) is 8.69. The monoisotopic (exact) mass is 458 g/mol. The third-order valence-electron chi connectivity index (χ3n) is 3.83. The minimum absolute atomic E-state index is 0.0314. The van der Waals surface area contributed by atoms with Crippen LogP contribution in [-0.2, 0) is 21.2 Å². The third kappa shape index (κ3) is 6.18. The van der Waals surface area contributed by atoms with E-state index in [0.717, 1.165) is 11.8 Å². The summed E-state index contributed by atoms with van der Waals surface area (Å²) in [5.74, 6) is -0.499. The van der Waals surface area contributed by atoms with Crippen molar-refractivity contribution in [1.29, 1.82) is 5.26 Å². The van der Waals surface area contributed by atoms with Gasteiger partial charge in [-0.25, -0.2) is 12.8 Å². The van der Waals surface area contributed by atoms with Crippen molar-refractivity contribution in [2.24, 2.45) is 0 Å². The van der Waals surface area contributed by atoms with E-state index < -0.39 is 20.9 Å². The van der Waals surface area contributed by atoms with E-state index in [1.807, 2.05) is 0 Å². The van der Waals surface area contributed by atoms with E-state index in [9.17, 15) is 22.9 Å². The van der Waals surface area contributed by atoms with E-state index in [4.69, 9.17) is 4.74 Å². The number of halogens is 1. The Morgan fingerprint density at radius 2 is 1.90 bits per heavy atom. The second-order valence-electron chi connectivity index (χ2n) is 6.26. The molecule has 0 aliphatic carbocycles. The van der Waals surface area contributed by atoms with Crippen LogP contribution in [0.4, 0.5) is 9.52 Å². The fraction of sp³-hybridized carbons (Fsp3) is 0.100. The number of ether oxygens (including phenoxy) is 1. The minimum Gasteiger partial charge on any atom is -0.489 e. The summed E-state index contributed by atoms with van der Waals surface area (Å²) in [5.41, 5.74) is 1.19. The Bertz CT molecular complexity index is 1260. The Hall–Kier alpha value is -3.62. The molecule has 0 atom stereocenters. The molecule has 0 aliphatic rings. The van der Waals surface area contributed by atoms with Crippen molar-refractivity contribution in [2.45, 2.75) is 11.8 Å². The van der Waals surface area contributed by atoms with Crippen molar-refractivity contribution in [2.75, 3.05) is 11.6 Å². The molecule has 0 fully saturated rings. The van der Waals surface area contributed by atoms with Crippen LogP contribution < -0.4 is 10.1 Å². The Morgan fingerprint density at radius 3 is 2.48 bits per heavy atom. The molecule has 158 valence electrons. The van der Waals surface area contributed by atoms with Crippen LogP contribution in [0.2, 0.25) is 0 Å². The minimum atomic E-state index is -3.59. The Kier molecular flexibility index (Phi) is 6.74. The van der Waals surface area contributed by atoms with Crippen LogP contribution in [0.25, 0.3) is 6.08 Å². The second-order valence-corrected chi connectivity index (χ2v) is 8.92. The molecule has 1 aromatic heterocycles. The van der Waals surface area contributed by atoms with Gasteiger partial charge in [0, 0.05) is 17.8 Å². The summed E-state index contributed by atoms with van der Waals surface area (Å²) >= 11 is 0.699. The number of rotatable bonds is 7. The molecule has 31 heavy (non-hydrogen) atoms. The van der Waals surface area contributed by atoms with E-state index in [-0.39, 0.29) is 23.1 Å². The van der Waals surface area contributed by atoms with E-state index in [2.05, 4.69) is 14.7 Å². The van der Waals surface area contributed by atoms with Crippen molar-refractivity contribution in [1.82, 2.24) is 9.36 Å². The van der Waals surface area contributed by atoms with Crippen molar-refractivity contribution in [3.8, 4) is 11.8 Å². The molecule has 8 nitrogen and oxygen atoms in total. The van der Waals surface area contributed by atoms with Gasteiger partial charge in [0.15, 0.2) is 0 Å². The van der Waals surface area contributed by atoms with Crippen LogP contribution in [0.3, 0.4) is 0 Å². The highest BCUT2D eigenvalue weighted by Gasteiger charge is 2.17. The quantitative estimate of drug-likeness (QED) is 0.426. The standard InChI is InChI=1S/C20H15FN4O4S2/c1-31(27,28)20-24-19(30-25-20)23-18(26)15(11-22)10-13-4-8-17(9-5-13)29-12-14-2-6-16(21)7-3-14/h2-10H,12H2,1H3,(H,23,24,25,26)/b15-10-.